The van der Waals surface area contributed by atoms with Gasteiger partial charge in [-0.15, -0.1) is 0 Å². The average Bonchev–Trinajstić information content (AvgIpc) is 2.65. The fraction of sp³-hybridized carbons (Fsp3) is 0.385. The number of ether oxygens (including phenoxy) is 1. The van der Waals surface area contributed by atoms with Gasteiger partial charge in [-0.1, -0.05) is 0 Å². The van der Waals surface area contributed by atoms with E-state index in [0.717, 1.165) is 21.4 Å². The zero-order valence-corrected chi connectivity index (χ0v) is 12.7. The molecule has 0 radical (unpaired) electrons. The summed E-state index contributed by atoms with van der Waals surface area (Å²) in [6, 6.07) is 1.76. The van der Waals surface area contributed by atoms with Gasteiger partial charge in [-0.05, 0) is 28.9 Å². The molecule has 0 aliphatic rings. The maximum atomic E-state index is 10.4. The Kier molecular flexibility index (Phi) is 4.21. The van der Waals surface area contributed by atoms with Crippen LogP contribution in [0.25, 0.3) is 0 Å². The molecule has 0 fully saturated rings. The number of methoxy groups -OCH3 is 1. The number of aryl methyl sites for hydroxylation is 2. The van der Waals surface area contributed by atoms with E-state index < -0.39 is 6.10 Å². The van der Waals surface area contributed by atoms with Crippen LogP contribution in [0.15, 0.2) is 22.9 Å². The summed E-state index contributed by atoms with van der Waals surface area (Å²) < 4.78 is 7.92. The molecule has 102 valence electrons. The van der Waals surface area contributed by atoms with Gasteiger partial charge >= 0.3 is 0 Å². The molecule has 0 bridgehead atoms. The summed E-state index contributed by atoms with van der Waals surface area (Å²) in [6.07, 6.45) is 3.04. The van der Waals surface area contributed by atoms with Crippen LogP contribution in [0.2, 0.25) is 0 Å². The zero-order chi connectivity index (χ0) is 14.0. The summed E-state index contributed by atoms with van der Waals surface area (Å²) in [4.78, 5) is 3.98. The van der Waals surface area contributed by atoms with Crippen LogP contribution < -0.4 is 4.74 Å². The first-order chi connectivity index (χ1) is 9.04. The van der Waals surface area contributed by atoms with Crippen LogP contribution in [0.1, 0.15) is 23.1 Å². The summed E-state index contributed by atoms with van der Waals surface area (Å²) >= 11 is 3.50. The molecular weight excluding hydrogens is 310 g/mol. The Bertz CT molecular complexity index is 583. The molecule has 0 spiro atoms. The predicted molar refractivity (Wildman–Crippen MR) is 75.1 cm³/mol. The Morgan fingerprint density at radius 1 is 1.53 bits per heavy atom. The summed E-state index contributed by atoms with van der Waals surface area (Å²) in [6.45, 7) is 1.92. The minimum atomic E-state index is -0.663. The van der Waals surface area contributed by atoms with Crippen LogP contribution in [0.3, 0.4) is 0 Å². The number of pyridine rings is 1. The Morgan fingerprint density at radius 3 is 2.84 bits per heavy atom. The highest BCUT2D eigenvalue weighted by atomic mass is 79.9. The van der Waals surface area contributed by atoms with E-state index in [1.807, 2.05) is 14.0 Å². The van der Waals surface area contributed by atoms with Gasteiger partial charge in [0.15, 0.2) is 0 Å². The number of aliphatic hydroxyl groups is 1. The lowest BCUT2D eigenvalue weighted by molar-refractivity contribution is 0.171. The van der Waals surface area contributed by atoms with Crippen LogP contribution >= 0.6 is 15.9 Å². The molecule has 0 saturated carbocycles. The van der Waals surface area contributed by atoms with Crippen molar-refractivity contribution < 1.29 is 9.84 Å². The van der Waals surface area contributed by atoms with Gasteiger partial charge < -0.3 is 9.84 Å². The van der Waals surface area contributed by atoms with Crippen LogP contribution in [0.5, 0.6) is 5.75 Å². The Morgan fingerprint density at radius 2 is 2.26 bits per heavy atom. The van der Waals surface area contributed by atoms with Gasteiger partial charge in [-0.3, -0.25) is 9.67 Å². The SMILES string of the molecule is COc1cnccc1C(O)Cc1c(Br)c(C)nn1C. The molecule has 6 heteroatoms. The van der Waals surface area contributed by atoms with Crippen molar-refractivity contribution in [3.63, 3.8) is 0 Å². The second kappa shape index (κ2) is 5.71. The van der Waals surface area contributed by atoms with Crippen molar-refractivity contribution in [3.8, 4) is 5.75 Å². The molecule has 0 aromatic carbocycles. The van der Waals surface area contributed by atoms with Crippen molar-refractivity contribution >= 4 is 15.9 Å². The summed E-state index contributed by atoms with van der Waals surface area (Å²) in [7, 11) is 3.43. The van der Waals surface area contributed by atoms with Crippen molar-refractivity contribution in [2.24, 2.45) is 7.05 Å². The van der Waals surface area contributed by atoms with Crippen molar-refractivity contribution in [1.29, 1.82) is 0 Å². The normalized spacial score (nSPS) is 12.5. The quantitative estimate of drug-likeness (QED) is 0.935. The molecule has 2 heterocycles. The number of aliphatic hydroxyl groups excluding tert-OH is 1. The third kappa shape index (κ3) is 2.79. The number of rotatable bonds is 4. The molecule has 5 nitrogen and oxygen atoms in total. The lowest BCUT2D eigenvalue weighted by Crippen LogP contribution is -2.08. The van der Waals surface area contributed by atoms with Crippen molar-refractivity contribution in [3.05, 3.63) is 39.9 Å². The van der Waals surface area contributed by atoms with E-state index in [-0.39, 0.29) is 0 Å². The van der Waals surface area contributed by atoms with Gasteiger partial charge in [0.2, 0.25) is 0 Å². The van der Waals surface area contributed by atoms with Crippen LogP contribution in [-0.2, 0) is 13.5 Å². The van der Waals surface area contributed by atoms with E-state index >= 15 is 0 Å². The molecule has 2 aromatic rings. The molecule has 1 N–H and O–H groups in total. The molecule has 0 aliphatic carbocycles. The lowest BCUT2D eigenvalue weighted by atomic mass is 10.1. The zero-order valence-electron chi connectivity index (χ0n) is 11.1. The van der Waals surface area contributed by atoms with Gasteiger partial charge in [0, 0.05) is 25.2 Å². The van der Waals surface area contributed by atoms with Crippen LogP contribution in [0, 0.1) is 6.92 Å². The standard InChI is InChI=1S/C13H16BrN3O2/c1-8-13(14)10(17(2)16-8)6-11(18)9-4-5-15-7-12(9)19-3/h4-5,7,11,18H,6H2,1-3H3. The maximum absolute atomic E-state index is 10.4. The van der Waals surface area contributed by atoms with E-state index in [1.54, 1.807) is 30.3 Å². The summed E-state index contributed by atoms with van der Waals surface area (Å²) in [5.74, 6) is 0.588. The molecular formula is C13H16BrN3O2. The van der Waals surface area contributed by atoms with E-state index in [2.05, 4.69) is 26.0 Å². The van der Waals surface area contributed by atoms with E-state index in [0.29, 0.717) is 12.2 Å². The summed E-state index contributed by atoms with van der Waals surface area (Å²) in [5.41, 5.74) is 2.58. The van der Waals surface area contributed by atoms with E-state index in [1.165, 1.54) is 0 Å². The van der Waals surface area contributed by atoms with E-state index in [4.69, 9.17) is 4.74 Å². The predicted octanol–water partition coefficient (Wildman–Crippen LogP) is 2.17. The van der Waals surface area contributed by atoms with Crippen LogP contribution in [-0.4, -0.2) is 27.0 Å². The lowest BCUT2D eigenvalue weighted by Gasteiger charge is -2.14. The number of hydrogen-bond acceptors (Lipinski definition) is 4. The number of nitrogens with zero attached hydrogens (tertiary/aromatic N) is 3. The summed E-state index contributed by atoms with van der Waals surface area (Å²) in [5, 5.41) is 14.7. The molecule has 0 aliphatic heterocycles. The molecule has 19 heavy (non-hydrogen) atoms. The second-order valence-corrected chi connectivity index (χ2v) is 5.10. The molecule has 1 unspecified atom stereocenters. The highest BCUT2D eigenvalue weighted by Crippen LogP contribution is 2.29. The topological polar surface area (TPSA) is 60.2 Å². The first kappa shape index (κ1) is 14.0. The third-order valence-corrected chi connectivity index (χ3v) is 4.08. The molecule has 0 amide bonds. The number of aromatic nitrogens is 3. The fourth-order valence-corrected chi connectivity index (χ4v) is 2.53. The highest BCUT2D eigenvalue weighted by molar-refractivity contribution is 9.10. The third-order valence-electron chi connectivity index (χ3n) is 3.04. The van der Waals surface area contributed by atoms with Crippen molar-refractivity contribution in [2.45, 2.75) is 19.4 Å². The first-order valence-corrected chi connectivity index (χ1v) is 6.67. The van der Waals surface area contributed by atoms with Gasteiger partial charge in [0.05, 0.1) is 35.3 Å². The highest BCUT2D eigenvalue weighted by Gasteiger charge is 2.19. The Balaban J connectivity index is 2.28. The minimum Gasteiger partial charge on any atom is -0.495 e. The smallest absolute Gasteiger partial charge is 0.142 e. The molecule has 2 rings (SSSR count). The maximum Gasteiger partial charge on any atom is 0.142 e. The van der Waals surface area contributed by atoms with Crippen LogP contribution in [0.4, 0.5) is 0 Å². The van der Waals surface area contributed by atoms with Gasteiger partial charge in [0.25, 0.3) is 0 Å². The van der Waals surface area contributed by atoms with Gasteiger partial charge in [-0.2, -0.15) is 5.10 Å². The molecule has 2 aromatic heterocycles. The average molecular weight is 326 g/mol. The molecule has 0 saturated heterocycles. The van der Waals surface area contributed by atoms with E-state index in [9.17, 15) is 5.11 Å². The second-order valence-electron chi connectivity index (χ2n) is 4.31. The van der Waals surface area contributed by atoms with Crippen molar-refractivity contribution in [2.75, 3.05) is 7.11 Å². The number of hydrogen-bond donors (Lipinski definition) is 1. The minimum absolute atomic E-state index is 0.457. The fourth-order valence-electron chi connectivity index (χ4n) is 2.03. The Labute approximate surface area is 120 Å². The first-order valence-electron chi connectivity index (χ1n) is 5.88. The molecule has 1 atom stereocenters. The monoisotopic (exact) mass is 325 g/mol. The Hall–Kier alpha value is -1.40. The van der Waals surface area contributed by atoms with Gasteiger partial charge in [-0.25, -0.2) is 0 Å². The van der Waals surface area contributed by atoms with Crippen molar-refractivity contribution in [1.82, 2.24) is 14.8 Å². The number of halogens is 1. The largest absolute Gasteiger partial charge is 0.495 e. The van der Waals surface area contributed by atoms with Gasteiger partial charge in [0.1, 0.15) is 5.75 Å².